The van der Waals surface area contributed by atoms with Crippen LogP contribution in [0.3, 0.4) is 0 Å². The molecule has 8 heteroatoms. The number of hydrogen-bond donors (Lipinski definition) is 1. The molecule has 174 valence electrons. The predicted molar refractivity (Wildman–Crippen MR) is 134 cm³/mol. The van der Waals surface area contributed by atoms with E-state index in [0.29, 0.717) is 11.7 Å². The molecule has 1 atom stereocenters. The summed E-state index contributed by atoms with van der Waals surface area (Å²) in [5.41, 5.74) is 4.16. The maximum absolute atomic E-state index is 13.9. The van der Waals surface area contributed by atoms with Gasteiger partial charge in [-0.3, -0.25) is 14.2 Å². The lowest BCUT2D eigenvalue weighted by atomic mass is 9.97. The van der Waals surface area contributed by atoms with E-state index < -0.39 is 0 Å². The highest BCUT2D eigenvalue weighted by molar-refractivity contribution is 7.99. The molecule has 1 unspecified atom stereocenters. The lowest BCUT2D eigenvalue weighted by Gasteiger charge is -2.16. The number of aromatic nitrogens is 2. The number of rotatable bonds is 6. The van der Waals surface area contributed by atoms with E-state index in [4.69, 9.17) is 9.72 Å². The van der Waals surface area contributed by atoms with Gasteiger partial charge < -0.3 is 10.1 Å². The normalized spacial score (nSPS) is 17.9. The zero-order chi connectivity index (χ0) is 22.9. The topological polar surface area (TPSA) is 73.2 Å². The van der Waals surface area contributed by atoms with Gasteiger partial charge in [-0.25, -0.2) is 4.98 Å². The molecule has 0 bridgehead atoms. The minimum Gasteiger partial charge on any atom is -0.376 e. The van der Waals surface area contributed by atoms with Crippen LogP contribution in [0.15, 0.2) is 28.2 Å². The van der Waals surface area contributed by atoms with Gasteiger partial charge in [0, 0.05) is 18.0 Å². The number of carbonyl (C=O) groups excluding carboxylic acids is 1. The number of carbonyl (C=O) groups is 1. The van der Waals surface area contributed by atoms with E-state index in [-0.39, 0.29) is 23.3 Å². The second-order valence-corrected chi connectivity index (χ2v) is 11.0. The monoisotopic (exact) mass is 483 g/mol. The van der Waals surface area contributed by atoms with E-state index in [1.807, 2.05) is 26.0 Å². The van der Waals surface area contributed by atoms with Gasteiger partial charge in [-0.15, -0.1) is 11.3 Å². The average molecular weight is 484 g/mol. The number of aryl methyl sites for hydroxylation is 4. The second kappa shape index (κ2) is 9.60. The Labute approximate surface area is 201 Å². The molecule has 0 spiro atoms. The summed E-state index contributed by atoms with van der Waals surface area (Å²) >= 11 is 2.97. The molecule has 1 fully saturated rings. The second-order valence-electron chi connectivity index (χ2n) is 8.94. The Bertz CT molecular complexity index is 1260. The Morgan fingerprint density at radius 3 is 2.91 bits per heavy atom. The summed E-state index contributed by atoms with van der Waals surface area (Å²) in [6.07, 6.45) is 6.39. The fraction of sp³-hybridized carbons (Fsp3) is 0.480. The average Bonchev–Trinajstić information content (AvgIpc) is 3.44. The number of thioether (sulfide) groups is 1. The summed E-state index contributed by atoms with van der Waals surface area (Å²) in [4.78, 5) is 33.4. The number of thiophene rings is 1. The molecular weight excluding hydrogens is 454 g/mol. The number of amides is 1. The van der Waals surface area contributed by atoms with Crippen molar-refractivity contribution in [3.05, 3.63) is 50.1 Å². The first-order valence-corrected chi connectivity index (χ1v) is 13.5. The summed E-state index contributed by atoms with van der Waals surface area (Å²) in [5, 5.41) is 4.31. The molecule has 6 nitrogen and oxygen atoms in total. The van der Waals surface area contributed by atoms with Crippen LogP contribution in [0.1, 0.15) is 47.3 Å². The van der Waals surface area contributed by atoms with Crippen molar-refractivity contribution in [2.24, 2.45) is 0 Å². The molecule has 33 heavy (non-hydrogen) atoms. The molecular formula is C25H29N3O3S2. The molecule has 1 amide bonds. The van der Waals surface area contributed by atoms with Crippen LogP contribution in [0.25, 0.3) is 15.9 Å². The third-order valence-electron chi connectivity index (χ3n) is 6.43. The van der Waals surface area contributed by atoms with Crippen molar-refractivity contribution in [2.75, 3.05) is 18.9 Å². The molecule has 3 heterocycles. The van der Waals surface area contributed by atoms with Crippen LogP contribution < -0.4 is 10.9 Å². The number of ether oxygens (including phenoxy) is 1. The lowest BCUT2D eigenvalue weighted by Crippen LogP contribution is -2.33. The van der Waals surface area contributed by atoms with E-state index in [0.717, 1.165) is 72.2 Å². The van der Waals surface area contributed by atoms with E-state index in [1.165, 1.54) is 22.2 Å². The van der Waals surface area contributed by atoms with Crippen LogP contribution in [0.4, 0.5) is 0 Å². The highest BCUT2D eigenvalue weighted by Crippen LogP contribution is 2.35. The van der Waals surface area contributed by atoms with Gasteiger partial charge in [-0.1, -0.05) is 29.5 Å². The van der Waals surface area contributed by atoms with E-state index in [9.17, 15) is 9.59 Å². The Kier molecular flexibility index (Phi) is 6.58. The molecule has 3 aromatic rings. The zero-order valence-corrected chi connectivity index (χ0v) is 20.7. The maximum atomic E-state index is 13.9. The van der Waals surface area contributed by atoms with Crippen LogP contribution in [-0.2, 0) is 22.4 Å². The minimum atomic E-state index is -0.0671. The Balaban J connectivity index is 1.50. The summed E-state index contributed by atoms with van der Waals surface area (Å²) in [5.74, 6) is 0.142. The van der Waals surface area contributed by atoms with Crippen LogP contribution >= 0.6 is 23.1 Å². The standard InChI is InChI=1S/C25H29N3O3S2/c1-15-9-10-19(16(2)12-15)28-24(30)22-18-7-3-4-8-20(18)33-23(22)27-25(28)32-14-21(29)26-13-17-6-5-11-31-17/h9-10,12,17H,3-8,11,13-14H2,1-2H3,(H,26,29). The molecule has 1 N–H and O–H groups in total. The van der Waals surface area contributed by atoms with Crippen molar-refractivity contribution in [3.63, 3.8) is 0 Å². The molecule has 1 aliphatic carbocycles. The number of nitrogens with one attached hydrogen (secondary N) is 1. The molecule has 2 aromatic heterocycles. The van der Waals surface area contributed by atoms with E-state index >= 15 is 0 Å². The number of benzene rings is 1. The van der Waals surface area contributed by atoms with Gasteiger partial charge in [-0.2, -0.15) is 0 Å². The lowest BCUT2D eigenvalue weighted by molar-refractivity contribution is -0.119. The highest BCUT2D eigenvalue weighted by Gasteiger charge is 2.24. The van der Waals surface area contributed by atoms with Crippen molar-refractivity contribution in [3.8, 4) is 5.69 Å². The quantitative estimate of drug-likeness (QED) is 0.417. The van der Waals surface area contributed by atoms with Gasteiger partial charge >= 0.3 is 0 Å². The van der Waals surface area contributed by atoms with Crippen LogP contribution in [0.2, 0.25) is 0 Å². The Morgan fingerprint density at radius 2 is 2.12 bits per heavy atom. The molecule has 1 aliphatic heterocycles. The Hall–Kier alpha value is -2.16. The van der Waals surface area contributed by atoms with Gasteiger partial charge in [0.1, 0.15) is 4.83 Å². The van der Waals surface area contributed by atoms with Crippen molar-refractivity contribution in [1.82, 2.24) is 14.9 Å². The molecule has 2 aliphatic rings. The first-order valence-electron chi connectivity index (χ1n) is 11.7. The largest absolute Gasteiger partial charge is 0.376 e. The summed E-state index contributed by atoms with van der Waals surface area (Å²) < 4.78 is 7.31. The van der Waals surface area contributed by atoms with Gasteiger partial charge in [0.15, 0.2) is 5.16 Å². The summed E-state index contributed by atoms with van der Waals surface area (Å²) in [6, 6.07) is 6.09. The van der Waals surface area contributed by atoms with Crippen LogP contribution in [-0.4, -0.2) is 40.5 Å². The molecule has 0 radical (unpaired) electrons. The fourth-order valence-corrected chi connectivity index (χ4v) is 6.90. The smallest absolute Gasteiger partial charge is 0.267 e. The first-order chi connectivity index (χ1) is 16.0. The van der Waals surface area contributed by atoms with Crippen LogP contribution in [0.5, 0.6) is 0 Å². The predicted octanol–water partition coefficient (Wildman–Crippen LogP) is 4.33. The summed E-state index contributed by atoms with van der Waals surface area (Å²) in [6.45, 7) is 5.37. The summed E-state index contributed by atoms with van der Waals surface area (Å²) in [7, 11) is 0. The minimum absolute atomic E-state index is 0.0198. The molecule has 1 saturated heterocycles. The van der Waals surface area contributed by atoms with Gasteiger partial charge in [0.05, 0.1) is 22.9 Å². The van der Waals surface area contributed by atoms with Crippen molar-refractivity contribution in [1.29, 1.82) is 0 Å². The van der Waals surface area contributed by atoms with Crippen LogP contribution in [0, 0.1) is 13.8 Å². The fourth-order valence-electron chi connectivity index (χ4n) is 4.77. The number of hydrogen-bond acceptors (Lipinski definition) is 6. The van der Waals surface area contributed by atoms with Gasteiger partial charge in [0.25, 0.3) is 5.56 Å². The molecule has 5 rings (SSSR count). The van der Waals surface area contributed by atoms with Gasteiger partial charge in [-0.05, 0) is 69.6 Å². The maximum Gasteiger partial charge on any atom is 0.267 e. The van der Waals surface area contributed by atoms with Crippen molar-refractivity contribution < 1.29 is 9.53 Å². The van der Waals surface area contributed by atoms with Crippen molar-refractivity contribution >= 4 is 39.2 Å². The highest BCUT2D eigenvalue weighted by atomic mass is 32.2. The number of nitrogens with zero attached hydrogens (tertiary/aromatic N) is 2. The van der Waals surface area contributed by atoms with Gasteiger partial charge in [0.2, 0.25) is 5.91 Å². The van der Waals surface area contributed by atoms with E-state index in [1.54, 1.807) is 15.9 Å². The van der Waals surface area contributed by atoms with Crippen molar-refractivity contribution in [2.45, 2.75) is 63.6 Å². The zero-order valence-electron chi connectivity index (χ0n) is 19.1. The first kappa shape index (κ1) is 22.6. The Morgan fingerprint density at radius 1 is 1.27 bits per heavy atom. The molecule has 1 aromatic carbocycles. The third kappa shape index (κ3) is 4.61. The third-order valence-corrected chi connectivity index (χ3v) is 8.56. The van der Waals surface area contributed by atoms with E-state index in [2.05, 4.69) is 11.4 Å². The number of fused-ring (bicyclic) bond motifs is 3. The SMILES string of the molecule is Cc1ccc(-n2c(SCC(=O)NCC3CCCO3)nc3sc4c(c3c2=O)CCCC4)c(C)c1. The molecule has 0 saturated carbocycles.